The van der Waals surface area contributed by atoms with Gasteiger partial charge in [-0.15, -0.1) is 0 Å². The Morgan fingerprint density at radius 1 is 0.923 bits per heavy atom. The number of hydrogen-bond acceptors (Lipinski definition) is 3. The lowest BCUT2D eigenvalue weighted by atomic mass is 10.2. The molecule has 5 heteroatoms. The largest absolute Gasteiger partial charge is 0.497 e. The molecule has 0 amide bonds. The van der Waals surface area contributed by atoms with Crippen LogP contribution in [0.5, 0.6) is 11.5 Å². The van der Waals surface area contributed by atoms with E-state index in [9.17, 15) is 0 Å². The smallest absolute Gasteiger partial charge is 0.138 e. The fourth-order valence-electron chi connectivity index (χ4n) is 2.30. The van der Waals surface area contributed by atoms with Gasteiger partial charge in [0, 0.05) is 16.8 Å². The van der Waals surface area contributed by atoms with Gasteiger partial charge in [0.05, 0.1) is 17.8 Å². The molecule has 3 aromatic carbocycles. The van der Waals surface area contributed by atoms with Crippen molar-refractivity contribution in [2.75, 3.05) is 7.11 Å². The first-order chi connectivity index (χ1) is 12.7. The van der Waals surface area contributed by atoms with E-state index in [1.54, 1.807) is 13.3 Å². The van der Waals surface area contributed by atoms with Gasteiger partial charge >= 0.3 is 0 Å². The Labute approximate surface area is 162 Å². The van der Waals surface area contributed by atoms with Gasteiger partial charge in [0.1, 0.15) is 18.1 Å². The first-order valence-electron chi connectivity index (χ1n) is 7.99. The van der Waals surface area contributed by atoms with Crippen LogP contribution in [-0.2, 0) is 6.61 Å². The summed E-state index contributed by atoms with van der Waals surface area (Å²) in [6.07, 6.45) is 1.76. The maximum atomic E-state index is 6.32. The molecule has 0 unspecified atom stereocenters. The van der Waals surface area contributed by atoms with Crippen molar-refractivity contribution in [3.8, 4) is 11.5 Å². The summed E-state index contributed by atoms with van der Waals surface area (Å²) in [6, 6.07) is 20.6. The lowest BCUT2D eigenvalue weighted by molar-refractivity contribution is 0.306. The summed E-state index contributed by atoms with van der Waals surface area (Å²) in [5.41, 5.74) is 2.63. The van der Waals surface area contributed by atoms with Gasteiger partial charge in [-0.2, -0.15) is 0 Å². The Hall–Kier alpha value is -2.49. The summed E-state index contributed by atoms with van der Waals surface area (Å²) in [7, 11) is 1.63. The van der Waals surface area contributed by atoms with Crippen molar-refractivity contribution in [2.45, 2.75) is 6.61 Å². The highest BCUT2D eigenvalue weighted by atomic mass is 35.5. The van der Waals surface area contributed by atoms with Crippen molar-refractivity contribution in [3.63, 3.8) is 0 Å². The van der Waals surface area contributed by atoms with Crippen molar-refractivity contribution in [2.24, 2.45) is 4.99 Å². The molecule has 0 fully saturated rings. The summed E-state index contributed by atoms with van der Waals surface area (Å²) in [5, 5.41) is 1.20. The van der Waals surface area contributed by atoms with E-state index in [0.717, 1.165) is 22.6 Å². The Bertz CT molecular complexity index is 908. The number of halogens is 2. The molecule has 0 saturated heterocycles. The van der Waals surface area contributed by atoms with Gasteiger partial charge in [0.15, 0.2) is 0 Å². The molecule has 3 nitrogen and oxygen atoms in total. The van der Waals surface area contributed by atoms with Crippen molar-refractivity contribution in [1.29, 1.82) is 0 Å². The zero-order chi connectivity index (χ0) is 18.4. The highest BCUT2D eigenvalue weighted by Gasteiger charge is 2.05. The summed E-state index contributed by atoms with van der Waals surface area (Å²) >= 11 is 12.5. The fraction of sp³-hybridized carbons (Fsp3) is 0.0952. The number of aliphatic imine (C=N–C) groups is 1. The molecule has 0 aliphatic rings. The van der Waals surface area contributed by atoms with E-state index in [1.807, 2.05) is 66.7 Å². The maximum Gasteiger partial charge on any atom is 0.138 e. The first-order valence-corrected chi connectivity index (χ1v) is 8.75. The molecular weight excluding hydrogens is 369 g/mol. The molecular formula is C21H17Cl2NO2. The number of rotatable bonds is 6. The first kappa shape index (κ1) is 18.3. The fourth-order valence-corrected chi connectivity index (χ4v) is 2.74. The number of ether oxygens (including phenoxy) is 2. The van der Waals surface area contributed by atoms with Crippen LogP contribution in [0.4, 0.5) is 5.69 Å². The van der Waals surface area contributed by atoms with E-state index in [-0.39, 0.29) is 0 Å². The van der Waals surface area contributed by atoms with E-state index < -0.39 is 0 Å². The predicted molar refractivity (Wildman–Crippen MR) is 107 cm³/mol. The molecule has 0 atom stereocenters. The van der Waals surface area contributed by atoms with Crippen LogP contribution in [0.25, 0.3) is 0 Å². The van der Waals surface area contributed by atoms with E-state index in [1.165, 1.54) is 0 Å². The molecule has 132 valence electrons. The Kier molecular flexibility index (Phi) is 6.16. The lowest BCUT2D eigenvalue weighted by Crippen LogP contribution is -1.97. The summed E-state index contributed by atoms with van der Waals surface area (Å²) in [4.78, 5) is 4.43. The molecule has 0 N–H and O–H groups in total. The van der Waals surface area contributed by atoms with Gasteiger partial charge in [0.2, 0.25) is 0 Å². The third-order valence-electron chi connectivity index (χ3n) is 3.73. The predicted octanol–water partition coefficient (Wildman–Crippen LogP) is 6.33. The molecule has 3 aromatic rings. The van der Waals surface area contributed by atoms with Crippen LogP contribution >= 0.6 is 23.2 Å². The SMILES string of the molecule is COc1ccc(N=Cc2ccc(OCc3ccccc3Cl)c(Cl)c2)cc1. The zero-order valence-corrected chi connectivity index (χ0v) is 15.7. The topological polar surface area (TPSA) is 30.8 Å². The highest BCUT2D eigenvalue weighted by Crippen LogP contribution is 2.27. The normalized spacial score (nSPS) is 10.9. The zero-order valence-electron chi connectivity index (χ0n) is 14.2. The molecule has 0 bridgehead atoms. The van der Waals surface area contributed by atoms with E-state index in [4.69, 9.17) is 32.7 Å². The second-order valence-electron chi connectivity index (χ2n) is 5.53. The van der Waals surface area contributed by atoms with Crippen LogP contribution in [0.1, 0.15) is 11.1 Å². The van der Waals surface area contributed by atoms with Crippen LogP contribution < -0.4 is 9.47 Å². The van der Waals surface area contributed by atoms with Crippen LogP contribution in [0.15, 0.2) is 71.7 Å². The van der Waals surface area contributed by atoms with E-state index in [0.29, 0.717) is 22.4 Å². The van der Waals surface area contributed by atoms with Gasteiger partial charge in [-0.05, 0) is 54.1 Å². The van der Waals surface area contributed by atoms with Crippen LogP contribution in [0.3, 0.4) is 0 Å². The van der Waals surface area contributed by atoms with Gasteiger partial charge in [-0.25, -0.2) is 0 Å². The Balaban J connectivity index is 1.66. The molecule has 0 saturated carbocycles. The molecule has 0 spiro atoms. The molecule has 0 aliphatic carbocycles. The van der Waals surface area contributed by atoms with Gasteiger partial charge in [-0.3, -0.25) is 4.99 Å². The summed E-state index contributed by atoms with van der Waals surface area (Å²) < 4.78 is 10.9. The minimum atomic E-state index is 0.360. The van der Waals surface area contributed by atoms with Gasteiger partial charge in [0.25, 0.3) is 0 Å². The number of hydrogen-bond donors (Lipinski definition) is 0. The average molecular weight is 386 g/mol. The lowest BCUT2D eigenvalue weighted by Gasteiger charge is -2.09. The van der Waals surface area contributed by atoms with Crippen molar-refractivity contribution in [1.82, 2.24) is 0 Å². The summed E-state index contributed by atoms with van der Waals surface area (Å²) in [6.45, 7) is 0.360. The third-order valence-corrected chi connectivity index (χ3v) is 4.40. The van der Waals surface area contributed by atoms with Crippen LogP contribution in [0.2, 0.25) is 10.0 Å². The van der Waals surface area contributed by atoms with Gasteiger partial charge < -0.3 is 9.47 Å². The minimum Gasteiger partial charge on any atom is -0.497 e. The average Bonchev–Trinajstić information content (AvgIpc) is 2.67. The van der Waals surface area contributed by atoms with Gasteiger partial charge in [-0.1, -0.05) is 41.4 Å². The number of nitrogens with zero attached hydrogens (tertiary/aromatic N) is 1. The minimum absolute atomic E-state index is 0.360. The third kappa shape index (κ3) is 4.78. The molecule has 0 heterocycles. The molecule has 3 rings (SSSR count). The van der Waals surface area contributed by atoms with E-state index >= 15 is 0 Å². The van der Waals surface area contributed by atoms with Crippen LogP contribution in [0, 0.1) is 0 Å². The standard InChI is InChI=1S/C21H17Cl2NO2/c1-25-18-9-7-17(8-10-18)24-13-15-6-11-21(20(23)12-15)26-14-16-4-2-3-5-19(16)22/h2-13H,14H2,1H3. The van der Waals surface area contributed by atoms with Crippen LogP contribution in [-0.4, -0.2) is 13.3 Å². The monoisotopic (exact) mass is 385 g/mol. The Morgan fingerprint density at radius 2 is 1.69 bits per heavy atom. The number of methoxy groups -OCH3 is 1. The second-order valence-corrected chi connectivity index (χ2v) is 6.34. The summed E-state index contributed by atoms with van der Waals surface area (Å²) in [5.74, 6) is 1.40. The molecule has 0 aromatic heterocycles. The number of benzene rings is 3. The second kappa shape index (κ2) is 8.75. The Morgan fingerprint density at radius 3 is 2.38 bits per heavy atom. The molecule has 0 aliphatic heterocycles. The quantitative estimate of drug-likeness (QED) is 0.464. The van der Waals surface area contributed by atoms with Crippen molar-refractivity contribution in [3.05, 3.63) is 87.9 Å². The molecule has 0 radical (unpaired) electrons. The van der Waals surface area contributed by atoms with E-state index in [2.05, 4.69) is 4.99 Å². The maximum absolute atomic E-state index is 6.32. The van der Waals surface area contributed by atoms with Crippen molar-refractivity contribution >= 4 is 35.1 Å². The van der Waals surface area contributed by atoms with Crippen molar-refractivity contribution < 1.29 is 9.47 Å². The molecule has 26 heavy (non-hydrogen) atoms. The highest BCUT2D eigenvalue weighted by molar-refractivity contribution is 6.32.